The van der Waals surface area contributed by atoms with Crippen molar-refractivity contribution in [3.05, 3.63) is 0 Å². The molecule has 1 heterocycles. The zero-order valence-corrected chi connectivity index (χ0v) is 47.4. The Balaban J connectivity index is 1.86. The van der Waals surface area contributed by atoms with E-state index in [-0.39, 0.29) is 12.8 Å². The van der Waals surface area contributed by atoms with E-state index in [1.165, 1.54) is 161 Å². The smallest absolute Gasteiger partial charge is 0.394 e. The van der Waals surface area contributed by atoms with Crippen LogP contribution in [-0.2, 0) is 27.9 Å². The first kappa shape index (κ1) is 70.2. The van der Waals surface area contributed by atoms with Gasteiger partial charge in [-0.05, 0) is 12.8 Å². The van der Waals surface area contributed by atoms with Crippen LogP contribution in [0.3, 0.4) is 0 Å². The molecule has 0 aromatic rings. The van der Waals surface area contributed by atoms with Crippen LogP contribution in [0.4, 0.5) is 0 Å². The van der Waals surface area contributed by atoms with Crippen molar-refractivity contribution in [3.8, 4) is 0 Å². The molecule has 18 nitrogen and oxygen atoms in total. The average Bonchev–Trinajstić information content (AvgIpc) is 3.39. The summed E-state index contributed by atoms with van der Waals surface area (Å²) in [7, 11) is -5.42. The van der Waals surface area contributed by atoms with Crippen LogP contribution in [0.1, 0.15) is 251 Å². The first-order chi connectivity index (χ1) is 36.1. The highest BCUT2D eigenvalue weighted by molar-refractivity contribution is 7.47. The SMILES string of the molecule is CCCCCCCCCCCCCCCCCCCCCCCCCC(=O)NC(COP(=O)(O)OC1C(O)C(O)C(O)C(O)C1OC1OC(CO)C(O)C(O)C1O)C(O)C(O)CCCCCCCCCCCCCC. The van der Waals surface area contributed by atoms with Gasteiger partial charge in [-0.2, -0.15) is 0 Å². The summed E-state index contributed by atoms with van der Waals surface area (Å²) in [5, 5.41) is 108. The van der Waals surface area contributed by atoms with Gasteiger partial charge in [0.2, 0.25) is 5.91 Å². The van der Waals surface area contributed by atoms with Gasteiger partial charge in [-0.25, -0.2) is 4.57 Å². The lowest BCUT2D eigenvalue weighted by Crippen LogP contribution is -2.67. The normalized spacial score (nSPS) is 27.2. The number of carbonyl (C=O) groups is 1. The van der Waals surface area contributed by atoms with E-state index in [0.29, 0.717) is 12.8 Å². The van der Waals surface area contributed by atoms with E-state index >= 15 is 0 Å². The molecule has 1 saturated carbocycles. The lowest BCUT2D eigenvalue weighted by molar-refractivity contribution is -0.338. The fourth-order valence-corrected chi connectivity index (χ4v) is 11.3. The first-order valence-corrected chi connectivity index (χ1v) is 31.6. The Morgan fingerprint density at radius 1 is 0.507 bits per heavy atom. The van der Waals surface area contributed by atoms with Crippen molar-refractivity contribution in [2.24, 2.45) is 0 Å². The van der Waals surface area contributed by atoms with Crippen LogP contribution in [0, 0.1) is 0 Å². The van der Waals surface area contributed by atoms with E-state index in [9.17, 15) is 65.3 Å². The summed E-state index contributed by atoms with van der Waals surface area (Å²) >= 11 is 0. The molecular formula is C56H110NO17P. The van der Waals surface area contributed by atoms with Gasteiger partial charge in [0.15, 0.2) is 6.29 Å². The highest BCUT2D eigenvalue weighted by Gasteiger charge is 2.55. The largest absolute Gasteiger partial charge is 0.472 e. The molecule has 15 atom stereocenters. The van der Waals surface area contributed by atoms with E-state index in [1.54, 1.807) is 0 Å². The molecule has 2 fully saturated rings. The third kappa shape index (κ3) is 29.9. The number of hydrogen-bond acceptors (Lipinski definition) is 16. The molecule has 0 aromatic heterocycles. The van der Waals surface area contributed by atoms with Crippen molar-refractivity contribution >= 4 is 13.7 Å². The van der Waals surface area contributed by atoms with E-state index in [2.05, 4.69) is 19.2 Å². The van der Waals surface area contributed by atoms with Crippen LogP contribution >= 0.6 is 7.82 Å². The van der Waals surface area contributed by atoms with Crippen LogP contribution in [0.15, 0.2) is 0 Å². The number of unbranched alkanes of at least 4 members (excludes halogenated alkanes) is 33. The number of rotatable bonds is 48. The van der Waals surface area contributed by atoms with Gasteiger partial charge in [-0.3, -0.25) is 13.8 Å². The maximum absolute atomic E-state index is 13.6. The lowest BCUT2D eigenvalue weighted by Gasteiger charge is -2.47. The molecule has 0 radical (unpaired) electrons. The van der Waals surface area contributed by atoms with Crippen LogP contribution in [0.2, 0.25) is 0 Å². The molecule has 2 rings (SSSR count). The second-order valence-corrected chi connectivity index (χ2v) is 23.4. The van der Waals surface area contributed by atoms with Gasteiger partial charge in [0.1, 0.15) is 67.1 Å². The quantitative estimate of drug-likeness (QED) is 0.0204. The number of phosphoric acid groups is 1. The first-order valence-electron chi connectivity index (χ1n) is 30.1. The molecule has 1 amide bonds. The molecular weight excluding hydrogens is 990 g/mol. The molecule has 1 aliphatic heterocycles. The second-order valence-electron chi connectivity index (χ2n) is 22.0. The van der Waals surface area contributed by atoms with Crippen molar-refractivity contribution in [2.75, 3.05) is 13.2 Å². The Bertz CT molecular complexity index is 1420. The van der Waals surface area contributed by atoms with Crippen molar-refractivity contribution in [1.82, 2.24) is 5.32 Å². The van der Waals surface area contributed by atoms with Crippen LogP contribution < -0.4 is 5.32 Å². The molecule has 0 bridgehead atoms. The highest BCUT2D eigenvalue weighted by atomic mass is 31.2. The maximum atomic E-state index is 13.6. The summed E-state index contributed by atoms with van der Waals surface area (Å²) in [6.07, 6.45) is 17.1. The highest BCUT2D eigenvalue weighted by Crippen LogP contribution is 2.48. The van der Waals surface area contributed by atoms with Crippen molar-refractivity contribution in [1.29, 1.82) is 0 Å². The van der Waals surface area contributed by atoms with Crippen molar-refractivity contribution in [3.63, 3.8) is 0 Å². The van der Waals surface area contributed by atoms with Gasteiger partial charge in [-0.1, -0.05) is 232 Å². The monoisotopic (exact) mass is 1100 g/mol. The minimum Gasteiger partial charge on any atom is -0.394 e. The second kappa shape index (κ2) is 42.9. The summed E-state index contributed by atoms with van der Waals surface area (Å²) in [4.78, 5) is 24.2. The van der Waals surface area contributed by atoms with Gasteiger partial charge in [0.25, 0.3) is 0 Å². The summed E-state index contributed by atoms with van der Waals surface area (Å²) in [6.45, 7) is 2.75. The Hall–Kier alpha value is -0.900. The maximum Gasteiger partial charge on any atom is 0.472 e. The number of aliphatic hydroxyl groups is 10. The standard InChI is InChI=1S/C56H110NO17P/c1-3-5-7-9-11-13-15-17-18-19-20-21-22-23-24-25-26-27-29-31-33-35-37-39-45(60)57-42(46(61)43(59)38-36-34-32-30-28-16-14-12-10-8-6-4-2)41-71-75(69,70)74-55-52(67)50(65)49(64)51(66)54(55)73-56-53(68)48(63)47(62)44(40-58)72-56/h42-44,46-56,58-59,61-68H,3-41H2,1-2H3,(H,57,60)(H,69,70). The predicted octanol–water partition coefficient (Wildman–Crippen LogP) is 7.81. The third-order valence-electron chi connectivity index (χ3n) is 15.4. The summed E-state index contributed by atoms with van der Waals surface area (Å²) in [5.41, 5.74) is 0. The van der Waals surface area contributed by atoms with Gasteiger partial charge < -0.3 is 70.7 Å². The van der Waals surface area contributed by atoms with Gasteiger partial charge in [0.05, 0.1) is 25.4 Å². The Morgan fingerprint density at radius 2 is 0.867 bits per heavy atom. The summed E-state index contributed by atoms with van der Waals surface area (Å²) in [6, 6.07) is -1.41. The molecule has 19 heteroatoms. The third-order valence-corrected chi connectivity index (χ3v) is 16.4. The van der Waals surface area contributed by atoms with Crippen molar-refractivity contribution < 1.29 is 83.8 Å². The number of hydrogen-bond donors (Lipinski definition) is 12. The molecule has 0 aromatic carbocycles. The summed E-state index contributed by atoms with van der Waals surface area (Å²) < 4.78 is 34.9. The molecule has 12 N–H and O–H groups in total. The fraction of sp³-hybridized carbons (Fsp3) is 0.982. The Kier molecular flexibility index (Phi) is 40.2. The minimum absolute atomic E-state index is 0.0911. The molecule has 0 spiro atoms. The topological polar surface area (TPSA) is 306 Å². The predicted molar refractivity (Wildman–Crippen MR) is 289 cm³/mol. The zero-order chi connectivity index (χ0) is 55.3. The average molecular weight is 1100 g/mol. The number of amides is 1. The molecule has 446 valence electrons. The fourth-order valence-electron chi connectivity index (χ4n) is 10.4. The number of carbonyl (C=O) groups excluding carboxylic acids is 1. The van der Waals surface area contributed by atoms with Gasteiger partial charge in [-0.15, -0.1) is 0 Å². The lowest BCUT2D eigenvalue weighted by atomic mass is 9.84. The van der Waals surface area contributed by atoms with Crippen molar-refractivity contribution in [2.45, 2.75) is 337 Å². The Morgan fingerprint density at radius 3 is 1.27 bits per heavy atom. The minimum atomic E-state index is -5.42. The van der Waals surface area contributed by atoms with E-state index in [1.807, 2.05) is 0 Å². The van der Waals surface area contributed by atoms with Gasteiger partial charge in [0, 0.05) is 6.42 Å². The Labute approximate surface area is 451 Å². The number of phosphoric ester groups is 1. The zero-order valence-electron chi connectivity index (χ0n) is 46.5. The van der Waals surface area contributed by atoms with E-state index in [4.69, 9.17) is 18.5 Å². The number of ether oxygens (including phenoxy) is 2. The molecule has 15 unspecified atom stereocenters. The van der Waals surface area contributed by atoms with Crippen LogP contribution in [0.5, 0.6) is 0 Å². The van der Waals surface area contributed by atoms with E-state index < -0.39 is 113 Å². The number of aliphatic hydroxyl groups excluding tert-OH is 10. The number of nitrogens with one attached hydrogen (secondary N) is 1. The molecule has 75 heavy (non-hydrogen) atoms. The van der Waals surface area contributed by atoms with Gasteiger partial charge >= 0.3 is 7.82 Å². The van der Waals surface area contributed by atoms with Crippen LogP contribution in [-0.4, -0.2) is 161 Å². The van der Waals surface area contributed by atoms with Crippen LogP contribution in [0.25, 0.3) is 0 Å². The molecule has 1 aliphatic carbocycles. The molecule has 2 aliphatic rings. The molecule has 1 saturated heterocycles. The van der Waals surface area contributed by atoms with E-state index in [0.717, 1.165) is 51.4 Å². The summed E-state index contributed by atoms with van der Waals surface area (Å²) in [5.74, 6) is -0.478.